The van der Waals surface area contributed by atoms with Crippen LogP contribution < -0.4 is 0 Å². The highest BCUT2D eigenvalue weighted by atomic mass is 16.6. The Balaban J connectivity index is 4.26. The predicted octanol–water partition coefficient (Wildman–Crippen LogP) is 21.4. The molecule has 0 bridgehead atoms. The van der Waals surface area contributed by atoms with Crippen molar-refractivity contribution >= 4 is 17.9 Å². The fourth-order valence-corrected chi connectivity index (χ4v) is 8.30. The molecule has 0 rings (SSSR count). The standard InChI is InChI=1S/C70H114O6/c1-4-7-10-13-16-19-22-25-27-28-29-30-31-32-33-34-35-36-37-38-39-40-41-42-44-45-48-51-54-57-60-63-69(72)75-66-67(65-74-68(71)62-59-56-53-50-47-24-21-18-15-12-9-6-3)76-70(73)64-61-58-55-52-49-46-43-26-23-20-17-14-11-8-5-2/h7-8,10-11,16-21,25-27,29-30,32-33,43,49,52,58,61,67H,4-6,9,12-15,22-24,28,31,34-42,44-48,50-51,53-57,59-60,62-66H2,1-3H3/b10-7-,11-8-,19-16-,20-17-,21-18-,27-25-,30-29-,33-32-,43-26-,52-49-,61-58-. The average molecular weight is 1050 g/mol. The highest BCUT2D eigenvalue weighted by Gasteiger charge is 2.19. The molecule has 1 atom stereocenters. The van der Waals surface area contributed by atoms with Crippen molar-refractivity contribution in [3.8, 4) is 0 Å². The van der Waals surface area contributed by atoms with Crippen molar-refractivity contribution in [2.75, 3.05) is 13.2 Å². The summed E-state index contributed by atoms with van der Waals surface area (Å²) >= 11 is 0. The minimum absolute atomic E-state index is 0.0921. The van der Waals surface area contributed by atoms with Gasteiger partial charge in [0.05, 0.1) is 6.42 Å². The van der Waals surface area contributed by atoms with Gasteiger partial charge in [-0.1, -0.05) is 270 Å². The van der Waals surface area contributed by atoms with E-state index >= 15 is 0 Å². The summed E-state index contributed by atoms with van der Waals surface area (Å²) in [4.78, 5) is 38.1. The number of ether oxygens (including phenoxy) is 3. The molecule has 0 radical (unpaired) electrons. The second kappa shape index (κ2) is 63.1. The van der Waals surface area contributed by atoms with Crippen molar-refractivity contribution in [1.82, 2.24) is 0 Å². The number of carbonyl (C=O) groups is 3. The van der Waals surface area contributed by atoms with Crippen molar-refractivity contribution in [3.05, 3.63) is 134 Å². The molecule has 0 aromatic rings. The Morgan fingerprint density at radius 2 is 0.553 bits per heavy atom. The molecular weight excluding hydrogens is 937 g/mol. The maximum Gasteiger partial charge on any atom is 0.310 e. The van der Waals surface area contributed by atoms with Crippen molar-refractivity contribution in [3.63, 3.8) is 0 Å². The Morgan fingerprint density at radius 1 is 0.289 bits per heavy atom. The molecule has 6 nitrogen and oxygen atoms in total. The molecule has 76 heavy (non-hydrogen) atoms. The van der Waals surface area contributed by atoms with E-state index in [4.69, 9.17) is 14.2 Å². The monoisotopic (exact) mass is 1050 g/mol. The van der Waals surface area contributed by atoms with Gasteiger partial charge in [-0.2, -0.15) is 0 Å². The van der Waals surface area contributed by atoms with Crippen LogP contribution in [0.15, 0.2) is 134 Å². The van der Waals surface area contributed by atoms with Gasteiger partial charge in [-0.05, 0) is 116 Å². The Morgan fingerprint density at radius 3 is 0.882 bits per heavy atom. The molecule has 0 saturated carbocycles. The quantitative estimate of drug-likeness (QED) is 0.0261. The molecule has 430 valence electrons. The molecule has 0 fully saturated rings. The number of hydrogen-bond donors (Lipinski definition) is 0. The number of rotatable bonds is 55. The number of unbranched alkanes of at least 4 members (excludes halogenated alkanes) is 23. The molecular formula is C70H114O6. The van der Waals surface area contributed by atoms with E-state index in [1.165, 1.54) is 116 Å². The first-order valence-corrected chi connectivity index (χ1v) is 31.2. The van der Waals surface area contributed by atoms with Crippen LogP contribution in [0.25, 0.3) is 0 Å². The lowest BCUT2D eigenvalue weighted by Gasteiger charge is -2.18. The molecule has 0 aromatic heterocycles. The van der Waals surface area contributed by atoms with Crippen molar-refractivity contribution in [2.24, 2.45) is 0 Å². The van der Waals surface area contributed by atoms with Gasteiger partial charge < -0.3 is 14.2 Å². The lowest BCUT2D eigenvalue weighted by molar-refractivity contribution is -0.166. The molecule has 0 heterocycles. The zero-order valence-corrected chi connectivity index (χ0v) is 49.2. The Kier molecular flexibility index (Phi) is 59.4. The van der Waals surface area contributed by atoms with Gasteiger partial charge in [0, 0.05) is 12.8 Å². The van der Waals surface area contributed by atoms with Gasteiger partial charge in [-0.3, -0.25) is 14.4 Å². The molecule has 0 amide bonds. The largest absolute Gasteiger partial charge is 0.462 e. The fourth-order valence-electron chi connectivity index (χ4n) is 8.30. The van der Waals surface area contributed by atoms with Gasteiger partial charge in [0.2, 0.25) is 0 Å². The highest BCUT2D eigenvalue weighted by molar-refractivity contribution is 5.72. The summed E-state index contributed by atoms with van der Waals surface area (Å²) in [5.74, 6) is -1.06. The van der Waals surface area contributed by atoms with E-state index in [9.17, 15) is 14.4 Å². The van der Waals surface area contributed by atoms with Gasteiger partial charge >= 0.3 is 17.9 Å². The summed E-state index contributed by atoms with van der Waals surface area (Å²) in [7, 11) is 0. The van der Waals surface area contributed by atoms with E-state index in [1.807, 2.05) is 6.08 Å². The molecule has 0 aliphatic rings. The summed E-state index contributed by atoms with van der Waals surface area (Å²) in [6.45, 7) is 6.30. The van der Waals surface area contributed by atoms with E-state index in [2.05, 4.69) is 142 Å². The van der Waals surface area contributed by atoms with Gasteiger partial charge in [-0.25, -0.2) is 0 Å². The number of allylic oxidation sites excluding steroid dienone is 21. The van der Waals surface area contributed by atoms with Gasteiger partial charge in [0.25, 0.3) is 0 Å². The summed E-state index contributed by atoms with van der Waals surface area (Å²) in [5.41, 5.74) is 0. The van der Waals surface area contributed by atoms with Crippen LogP contribution in [0.2, 0.25) is 0 Å². The summed E-state index contributed by atoms with van der Waals surface area (Å²) in [6, 6.07) is 0. The summed E-state index contributed by atoms with van der Waals surface area (Å²) in [6.07, 6.45) is 89.2. The normalized spacial score (nSPS) is 13.0. The molecule has 0 aliphatic carbocycles. The van der Waals surface area contributed by atoms with Gasteiger partial charge in [0.15, 0.2) is 6.10 Å². The van der Waals surface area contributed by atoms with Crippen LogP contribution in [-0.4, -0.2) is 37.2 Å². The number of esters is 3. The Hall–Kier alpha value is -4.45. The van der Waals surface area contributed by atoms with Crippen molar-refractivity contribution in [2.45, 2.75) is 277 Å². The topological polar surface area (TPSA) is 78.9 Å². The van der Waals surface area contributed by atoms with Crippen LogP contribution in [0.1, 0.15) is 271 Å². The molecule has 0 spiro atoms. The predicted molar refractivity (Wildman–Crippen MR) is 329 cm³/mol. The Labute approximate surface area is 468 Å². The minimum atomic E-state index is -0.839. The third kappa shape index (κ3) is 60.4. The molecule has 6 heteroatoms. The van der Waals surface area contributed by atoms with Crippen LogP contribution in [0.3, 0.4) is 0 Å². The van der Waals surface area contributed by atoms with Crippen LogP contribution in [0, 0.1) is 0 Å². The number of hydrogen-bond acceptors (Lipinski definition) is 6. The number of carbonyl (C=O) groups excluding carboxylic acids is 3. The SMILES string of the molecule is CC/C=C\C/C=C\C/C=C\C/C=C\C/C=C\CCCCCCCCCCCCCCCCCC(=O)OCC(COC(=O)CCCCCCC/C=C\CCCCC)OC(=O)C/C=C\C/C=C\C/C=C\C/C=C\C/C=C\CC. The second-order valence-corrected chi connectivity index (χ2v) is 20.2. The van der Waals surface area contributed by atoms with Gasteiger partial charge in [-0.15, -0.1) is 0 Å². The lowest BCUT2D eigenvalue weighted by atomic mass is 10.0. The summed E-state index contributed by atoms with van der Waals surface area (Å²) < 4.78 is 16.7. The third-order valence-corrected chi connectivity index (χ3v) is 12.9. The van der Waals surface area contributed by atoms with E-state index in [-0.39, 0.29) is 31.6 Å². The molecule has 0 aliphatic heterocycles. The minimum Gasteiger partial charge on any atom is -0.462 e. The lowest BCUT2D eigenvalue weighted by Crippen LogP contribution is -2.30. The fraction of sp³-hybridized carbons (Fsp3) is 0.643. The average Bonchev–Trinajstić information content (AvgIpc) is 3.42. The zero-order chi connectivity index (χ0) is 55.0. The van der Waals surface area contributed by atoms with Crippen molar-refractivity contribution < 1.29 is 28.6 Å². The molecule has 1 unspecified atom stereocenters. The van der Waals surface area contributed by atoms with E-state index < -0.39 is 12.1 Å². The highest BCUT2D eigenvalue weighted by Crippen LogP contribution is 2.15. The van der Waals surface area contributed by atoms with Crippen LogP contribution in [0.4, 0.5) is 0 Å². The van der Waals surface area contributed by atoms with Gasteiger partial charge in [0.1, 0.15) is 13.2 Å². The second-order valence-electron chi connectivity index (χ2n) is 20.2. The first-order valence-electron chi connectivity index (χ1n) is 31.2. The smallest absolute Gasteiger partial charge is 0.310 e. The van der Waals surface area contributed by atoms with Crippen LogP contribution in [-0.2, 0) is 28.6 Å². The molecule has 0 saturated heterocycles. The third-order valence-electron chi connectivity index (χ3n) is 12.9. The summed E-state index contributed by atoms with van der Waals surface area (Å²) in [5, 5.41) is 0. The first-order chi connectivity index (χ1) is 37.5. The Bertz CT molecular complexity index is 1630. The van der Waals surface area contributed by atoms with Crippen molar-refractivity contribution in [1.29, 1.82) is 0 Å². The van der Waals surface area contributed by atoms with E-state index in [0.29, 0.717) is 12.8 Å². The first kappa shape index (κ1) is 71.5. The maximum atomic E-state index is 12.8. The van der Waals surface area contributed by atoms with E-state index in [1.54, 1.807) is 6.08 Å². The van der Waals surface area contributed by atoms with Crippen LogP contribution >= 0.6 is 0 Å². The molecule has 0 aromatic carbocycles. The maximum absolute atomic E-state index is 12.8. The molecule has 0 N–H and O–H groups in total. The van der Waals surface area contributed by atoms with E-state index in [0.717, 1.165) is 116 Å². The van der Waals surface area contributed by atoms with Crippen LogP contribution in [0.5, 0.6) is 0 Å². The zero-order valence-electron chi connectivity index (χ0n) is 49.2.